The summed E-state index contributed by atoms with van der Waals surface area (Å²) >= 11 is 3.46. The van der Waals surface area contributed by atoms with Gasteiger partial charge in [-0.25, -0.2) is 0 Å². The van der Waals surface area contributed by atoms with Crippen LogP contribution in [0.1, 0.15) is 23.6 Å². The lowest BCUT2D eigenvalue weighted by Crippen LogP contribution is -2.20. The van der Waals surface area contributed by atoms with Crippen molar-refractivity contribution >= 4 is 45.2 Å². The topological polar surface area (TPSA) is 110 Å². The summed E-state index contributed by atoms with van der Waals surface area (Å²) in [6.45, 7) is 5.75. The minimum atomic E-state index is -0.524. The molecule has 2 amide bonds. The number of nitrogens with one attached hydrogen (secondary N) is 2. The van der Waals surface area contributed by atoms with Crippen molar-refractivity contribution in [2.24, 2.45) is 0 Å². The van der Waals surface area contributed by atoms with E-state index < -0.39 is 5.91 Å². The average molecular weight is 578 g/mol. The molecule has 196 valence electrons. The summed E-state index contributed by atoms with van der Waals surface area (Å²) in [7, 11) is 1.57. The molecular formula is C29H28BrN3O5. The molecule has 0 bridgehead atoms. The van der Waals surface area contributed by atoms with Crippen molar-refractivity contribution in [3.05, 3.63) is 81.3 Å². The molecule has 0 aromatic heterocycles. The smallest absolute Gasteiger partial charge is 0.266 e. The second kappa shape index (κ2) is 13.3. The van der Waals surface area contributed by atoms with E-state index in [0.717, 1.165) is 11.1 Å². The fourth-order valence-electron chi connectivity index (χ4n) is 3.54. The molecule has 0 aliphatic carbocycles. The standard InChI is InChI=1S/C29H28BrN3O5/c1-5-37-26-15-20(13-21(16-31)29(35)33-25-11-6-18(2)12-19(25)3)14-24(30)28(26)38-17-27(34)32-22-7-9-23(36-4)10-8-22/h6-15H,5,17H2,1-4H3,(H,32,34)(H,33,35)/b21-13+. The van der Waals surface area contributed by atoms with Gasteiger partial charge in [0.2, 0.25) is 0 Å². The fraction of sp³-hybridized carbons (Fsp3) is 0.207. The van der Waals surface area contributed by atoms with Crippen LogP contribution in [0.4, 0.5) is 11.4 Å². The third-order valence-electron chi connectivity index (χ3n) is 5.36. The molecule has 0 fully saturated rings. The summed E-state index contributed by atoms with van der Waals surface area (Å²) in [4.78, 5) is 25.2. The molecule has 9 heteroatoms. The van der Waals surface area contributed by atoms with Gasteiger partial charge in [0, 0.05) is 11.4 Å². The van der Waals surface area contributed by atoms with Crippen LogP contribution in [0.2, 0.25) is 0 Å². The Hall–Kier alpha value is -4.29. The quantitative estimate of drug-likeness (QED) is 0.224. The van der Waals surface area contributed by atoms with Gasteiger partial charge in [-0.05, 0) is 96.4 Å². The molecule has 3 aromatic carbocycles. The van der Waals surface area contributed by atoms with E-state index >= 15 is 0 Å². The van der Waals surface area contributed by atoms with Crippen molar-refractivity contribution in [3.8, 4) is 23.3 Å². The SMILES string of the molecule is CCOc1cc(/C=C(\C#N)C(=O)Nc2ccc(C)cc2C)cc(Br)c1OCC(=O)Nc1ccc(OC)cc1. The molecule has 0 saturated carbocycles. The van der Waals surface area contributed by atoms with Crippen LogP contribution in [-0.2, 0) is 9.59 Å². The van der Waals surface area contributed by atoms with Crippen molar-refractivity contribution in [2.45, 2.75) is 20.8 Å². The van der Waals surface area contributed by atoms with E-state index in [9.17, 15) is 14.9 Å². The molecule has 3 rings (SSSR count). The maximum absolute atomic E-state index is 12.8. The van der Waals surface area contributed by atoms with Crippen LogP contribution in [0.15, 0.2) is 64.6 Å². The number of rotatable bonds is 10. The first-order valence-corrected chi connectivity index (χ1v) is 12.6. The summed E-state index contributed by atoms with van der Waals surface area (Å²) in [6, 6.07) is 17.9. The number of nitrogens with zero attached hydrogens (tertiary/aromatic N) is 1. The van der Waals surface area contributed by atoms with E-state index in [1.54, 1.807) is 49.6 Å². The minimum Gasteiger partial charge on any atom is -0.497 e. The summed E-state index contributed by atoms with van der Waals surface area (Å²) < 4.78 is 17.1. The highest BCUT2D eigenvalue weighted by Gasteiger charge is 2.16. The van der Waals surface area contributed by atoms with Gasteiger partial charge in [0.05, 0.1) is 18.2 Å². The van der Waals surface area contributed by atoms with Crippen LogP contribution in [0, 0.1) is 25.2 Å². The summed E-state index contributed by atoms with van der Waals surface area (Å²) in [5.41, 5.74) is 3.68. The Morgan fingerprint density at radius 3 is 2.39 bits per heavy atom. The van der Waals surface area contributed by atoms with Crippen molar-refractivity contribution in [3.63, 3.8) is 0 Å². The van der Waals surface area contributed by atoms with Gasteiger partial charge in [0.25, 0.3) is 11.8 Å². The minimum absolute atomic E-state index is 0.0770. The molecule has 0 saturated heterocycles. The molecule has 0 aliphatic heterocycles. The van der Waals surface area contributed by atoms with Gasteiger partial charge in [0.1, 0.15) is 17.4 Å². The largest absolute Gasteiger partial charge is 0.497 e. The lowest BCUT2D eigenvalue weighted by Gasteiger charge is -2.15. The second-order valence-corrected chi connectivity index (χ2v) is 9.13. The van der Waals surface area contributed by atoms with Crippen molar-refractivity contribution in [2.75, 3.05) is 31.0 Å². The fourth-order valence-corrected chi connectivity index (χ4v) is 4.12. The Morgan fingerprint density at radius 1 is 1.03 bits per heavy atom. The van der Waals surface area contributed by atoms with Gasteiger partial charge in [-0.3, -0.25) is 9.59 Å². The molecule has 38 heavy (non-hydrogen) atoms. The number of methoxy groups -OCH3 is 1. The first-order chi connectivity index (χ1) is 18.2. The van der Waals surface area contributed by atoms with E-state index in [-0.39, 0.29) is 18.1 Å². The van der Waals surface area contributed by atoms with Gasteiger partial charge in [-0.1, -0.05) is 17.7 Å². The van der Waals surface area contributed by atoms with E-state index in [0.29, 0.717) is 45.3 Å². The third-order valence-corrected chi connectivity index (χ3v) is 5.95. The molecular weight excluding hydrogens is 550 g/mol. The first-order valence-electron chi connectivity index (χ1n) is 11.8. The number of halogens is 1. The molecule has 0 aliphatic rings. The number of nitriles is 1. The normalized spacial score (nSPS) is 10.8. The number of aryl methyl sites for hydroxylation is 2. The third kappa shape index (κ3) is 7.60. The monoisotopic (exact) mass is 577 g/mol. The molecule has 0 heterocycles. The molecule has 8 nitrogen and oxygen atoms in total. The van der Waals surface area contributed by atoms with Gasteiger partial charge < -0.3 is 24.8 Å². The second-order valence-electron chi connectivity index (χ2n) is 8.27. The number of benzene rings is 3. The van der Waals surface area contributed by atoms with Crippen molar-refractivity contribution in [1.82, 2.24) is 0 Å². The molecule has 0 radical (unpaired) electrons. The predicted molar refractivity (Wildman–Crippen MR) is 151 cm³/mol. The van der Waals surface area contributed by atoms with Crippen LogP contribution in [0.25, 0.3) is 6.08 Å². The summed E-state index contributed by atoms with van der Waals surface area (Å²) in [5, 5.41) is 15.2. The number of carbonyl (C=O) groups is 2. The zero-order chi connectivity index (χ0) is 27.7. The Balaban J connectivity index is 1.76. The van der Waals surface area contributed by atoms with E-state index in [2.05, 4.69) is 26.6 Å². The van der Waals surface area contributed by atoms with Crippen LogP contribution in [-0.4, -0.2) is 32.1 Å². The van der Waals surface area contributed by atoms with Crippen molar-refractivity contribution < 1.29 is 23.8 Å². The van der Waals surface area contributed by atoms with Gasteiger partial charge in [-0.2, -0.15) is 5.26 Å². The number of ether oxygens (including phenoxy) is 3. The van der Waals surface area contributed by atoms with Gasteiger partial charge >= 0.3 is 0 Å². The zero-order valence-electron chi connectivity index (χ0n) is 21.6. The van der Waals surface area contributed by atoms with Crippen molar-refractivity contribution in [1.29, 1.82) is 5.26 Å². The highest BCUT2D eigenvalue weighted by Crippen LogP contribution is 2.37. The Morgan fingerprint density at radius 2 is 1.76 bits per heavy atom. The maximum atomic E-state index is 12.8. The average Bonchev–Trinajstić information content (AvgIpc) is 2.89. The predicted octanol–water partition coefficient (Wildman–Crippen LogP) is 6.04. The Labute approximate surface area is 230 Å². The number of hydrogen-bond donors (Lipinski definition) is 2. The molecule has 0 atom stereocenters. The lowest BCUT2D eigenvalue weighted by atomic mass is 10.1. The van der Waals surface area contributed by atoms with Crippen LogP contribution >= 0.6 is 15.9 Å². The van der Waals surface area contributed by atoms with E-state index in [1.165, 1.54) is 6.08 Å². The zero-order valence-corrected chi connectivity index (χ0v) is 23.1. The number of amides is 2. The highest BCUT2D eigenvalue weighted by atomic mass is 79.9. The summed E-state index contributed by atoms with van der Waals surface area (Å²) in [5.74, 6) is 0.484. The number of anilines is 2. The summed E-state index contributed by atoms with van der Waals surface area (Å²) in [6.07, 6.45) is 1.46. The Kier molecular flexibility index (Phi) is 9.91. The van der Waals surface area contributed by atoms with E-state index in [1.807, 2.05) is 39.0 Å². The molecule has 0 unspecified atom stereocenters. The van der Waals surface area contributed by atoms with Crippen LogP contribution in [0.3, 0.4) is 0 Å². The Bertz CT molecular complexity index is 1390. The number of hydrogen-bond acceptors (Lipinski definition) is 6. The lowest BCUT2D eigenvalue weighted by molar-refractivity contribution is -0.118. The van der Waals surface area contributed by atoms with Crippen LogP contribution < -0.4 is 24.8 Å². The molecule has 3 aromatic rings. The molecule has 0 spiro atoms. The maximum Gasteiger partial charge on any atom is 0.266 e. The van der Waals surface area contributed by atoms with Gasteiger partial charge in [-0.15, -0.1) is 0 Å². The van der Waals surface area contributed by atoms with Crippen LogP contribution in [0.5, 0.6) is 17.2 Å². The first kappa shape index (κ1) is 28.3. The molecule has 2 N–H and O–H groups in total. The van der Waals surface area contributed by atoms with E-state index in [4.69, 9.17) is 14.2 Å². The van der Waals surface area contributed by atoms with Gasteiger partial charge in [0.15, 0.2) is 18.1 Å². The highest BCUT2D eigenvalue weighted by molar-refractivity contribution is 9.10. The number of carbonyl (C=O) groups excluding carboxylic acids is 2.